The van der Waals surface area contributed by atoms with Gasteiger partial charge in [0.2, 0.25) is 0 Å². The molecule has 2 heterocycles. The van der Waals surface area contributed by atoms with Crippen LogP contribution in [-0.2, 0) is 4.79 Å². The second kappa shape index (κ2) is 6.45. The number of thiophene rings is 1. The van der Waals surface area contributed by atoms with Gasteiger partial charge in [0.25, 0.3) is 5.91 Å². The monoisotopic (exact) mass is 372 g/mol. The van der Waals surface area contributed by atoms with E-state index >= 15 is 0 Å². The van der Waals surface area contributed by atoms with Crippen LogP contribution in [0.1, 0.15) is 32.6 Å². The normalized spacial score (nSPS) is 20.1. The number of carbonyl (C=O) groups excluding carboxylic acids is 1. The zero-order valence-electron chi connectivity index (χ0n) is 11.9. The summed E-state index contributed by atoms with van der Waals surface area (Å²) in [5.41, 5.74) is 0. The number of thioether (sulfide) groups is 1. The van der Waals surface area contributed by atoms with Crippen LogP contribution in [0.15, 0.2) is 25.8 Å². The summed E-state index contributed by atoms with van der Waals surface area (Å²) in [6.07, 6.45) is 1.95. The maximum absolute atomic E-state index is 12.5. The van der Waals surface area contributed by atoms with Crippen molar-refractivity contribution in [3.8, 4) is 0 Å². The molecule has 0 bridgehead atoms. The van der Waals surface area contributed by atoms with Crippen molar-refractivity contribution in [1.29, 1.82) is 0 Å². The molecule has 0 saturated carbocycles. The Hall–Kier alpha value is -0.590. The summed E-state index contributed by atoms with van der Waals surface area (Å²) in [4.78, 5) is 20.7. The van der Waals surface area contributed by atoms with Crippen molar-refractivity contribution >= 4 is 56.2 Å². The molecule has 0 atom stereocenters. The molecule has 1 aromatic rings. The van der Waals surface area contributed by atoms with Gasteiger partial charge < -0.3 is 0 Å². The molecule has 6 heteroatoms. The molecular weight excluding hydrogens is 356 g/mol. The van der Waals surface area contributed by atoms with E-state index in [2.05, 4.69) is 20.9 Å². The summed E-state index contributed by atoms with van der Waals surface area (Å²) in [5.74, 6) is 0.0499. The fourth-order valence-electron chi connectivity index (χ4n) is 1.79. The van der Waals surface area contributed by atoms with Crippen LogP contribution in [0.25, 0.3) is 6.08 Å². The van der Waals surface area contributed by atoms with E-state index in [1.165, 1.54) is 11.8 Å². The molecule has 0 N–H and O–H groups in total. The third-order valence-corrected chi connectivity index (χ3v) is 5.22. The van der Waals surface area contributed by atoms with Crippen LogP contribution in [0.4, 0.5) is 0 Å². The molecule has 108 valence electrons. The van der Waals surface area contributed by atoms with Gasteiger partial charge in [-0.2, -0.15) is 0 Å². The van der Waals surface area contributed by atoms with Crippen molar-refractivity contribution in [2.45, 2.75) is 39.8 Å². The molecule has 0 unspecified atom stereocenters. The minimum Gasteiger partial charge on any atom is -0.284 e. The lowest BCUT2D eigenvalue weighted by Gasteiger charge is -2.20. The molecule has 1 amide bonds. The standard InChI is InChI=1S/C14H17BrN2OS2/c1-8(2)16-14-17(9(3)4)13(18)12(20-14)6-11-5-10(15)7-19-11/h5-9H,1-4H3/b12-6+,16-14?. The number of aliphatic imine (C=N–C) groups is 1. The fraction of sp³-hybridized carbons (Fsp3) is 0.429. The van der Waals surface area contributed by atoms with Crippen LogP contribution in [0.3, 0.4) is 0 Å². The van der Waals surface area contributed by atoms with Crippen LogP contribution in [0.5, 0.6) is 0 Å². The third-order valence-electron chi connectivity index (χ3n) is 2.58. The topological polar surface area (TPSA) is 32.7 Å². The van der Waals surface area contributed by atoms with E-state index < -0.39 is 0 Å². The average Bonchev–Trinajstić information content (AvgIpc) is 2.84. The Morgan fingerprint density at radius 1 is 1.35 bits per heavy atom. The Morgan fingerprint density at radius 2 is 2.05 bits per heavy atom. The van der Waals surface area contributed by atoms with Crippen LogP contribution in [0.2, 0.25) is 0 Å². The molecule has 20 heavy (non-hydrogen) atoms. The first kappa shape index (κ1) is 15.8. The Morgan fingerprint density at radius 3 is 2.55 bits per heavy atom. The second-order valence-corrected chi connectivity index (χ2v) is 7.92. The van der Waals surface area contributed by atoms with E-state index in [-0.39, 0.29) is 18.0 Å². The number of rotatable bonds is 3. The van der Waals surface area contributed by atoms with Crippen LogP contribution in [0, 0.1) is 0 Å². The lowest BCUT2D eigenvalue weighted by molar-refractivity contribution is -0.123. The molecule has 0 spiro atoms. The van der Waals surface area contributed by atoms with Gasteiger partial charge in [-0.05, 0) is 67.5 Å². The van der Waals surface area contributed by atoms with Crippen molar-refractivity contribution < 1.29 is 4.79 Å². The predicted octanol–water partition coefficient (Wildman–Crippen LogP) is 4.60. The zero-order chi connectivity index (χ0) is 14.9. The number of nitrogens with zero attached hydrogens (tertiary/aromatic N) is 2. The average molecular weight is 373 g/mol. The highest BCUT2D eigenvalue weighted by atomic mass is 79.9. The quantitative estimate of drug-likeness (QED) is 0.726. The van der Waals surface area contributed by atoms with Gasteiger partial charge in [-0.25, -0.2) is 0 Å². The van der Waals surface area contributed by atoms with Crippen molar-refractivity contribution in [1.82, 2.24) is 4.90 Å². The van der Waals surface area contributed by atoms with E-state index in [1.807, 2.05) is 45.2 Å². The van der Waals surface area contributed by atoms with E-state index in [0.29, 0.717) is 0 Å². The molecule has 0 radical (unpaired) electrons. The van der Waals surface area contributed by atoms with Gasteiger partial charge in [0.1, 0.15) is 0 Å². The van der Waals surface area contributed by atoms with Gasteiger partial charge in [-0.3, -0.25) is 14.7 Å². The van der Waals surface area contributed by atoms with Crippen molar-refractivity contribution in [2.24, 2.45) is 4.99 Å². The minimum absolute atomic E-state index is 0.0499. The SMILES string of the molecule is CC(C)N=C1S/C(=C/c2cc(Br)cs2)C(=O)N1C(C)C. The first-order valence-corrected chi connectivity index (χ1v) is 8.92. The van der Waals surface area contributed by atoms with Crippen LogP contribution < -0.4 is 0 Å². The Labute approximate surface area is 136 Å². The van der Waals surface area contributed by atoms with E-state index in [1.54, 1.807) is 16.2 Å². The van der Waals surface area contributed by atoms with Crippen molar-refractivity contribution in [3.05, 3.63) is 25.7 Å². The lowest BCUT2D eigenvalue weighted by atomic mass is 10.3. The maximum atomic E-state index is 12.5. The van der Waals surface area contributed by atoms with Crippen molar-refractivity contribution in [3.63, 3.8) is 0 Å². The minimum atomic E-state index is 0.0499. The van der Waals surface area contributed by atoms with Gasteiger partial charge in [0.05, 0.1) is 4.91 Å². The fourth-order valence-corrected chi connectivity index (χ4v) is 4.46. The highest BCUT2D eigenvalue weighted by molar-refractivity contribution is 9.10. The van der Waals surface area contributed by atoms with Gasteiger partial charge in [0.15, 0.2) is 5.17 Å². The summed E-state index contributed by atoms with van der Waals surface area (Å²) in [6.45, 7) is 8.07. The summed E-state index contributed by atoms with van der Waals surface area (Å²) >= 11 is 6.51. The van der Waals surface area contributed by atoms with Gasteiger partial charge in [-0.1, -0.05) is 0 Å². The summed E-state index contributed by atoms with van der Waals surface area (Å²) in [7, 11) is 0. The smallest absolute Gasteiger partial charge is 0.267 e. The molecule has 1 aliphatic rings. The Kier molecular flexibility index (Phi) is 5.09. The molecule has 3 nitrogen and oxygen atoms in total. The van der Waals surface area contributed by atoms with Crippen LogP contribution in [-0.4, -0.2) is 28.1 Å². The lowest BCUT2D eigenvalue weighted by Crippen LogP contribution is -2.35. The first-order valence-electron chi connectivity index (χ1n) is 6.43. The van der Waals surface area contributed by atoms with E-state index in [0.717, 1.165) is 19.4 Å². The van der Waals surface area contributed by atoms with E-state index in [4.69, 9.17) is 0 Å². The first-order chi connectivity index (χ1) is 9.38. The van der Waals surface area contributed by atoms with Gasteiger partial charge in [0, 0.05) is 26.8 Å². The number of amides is 1. The predicted molar refractivity (Wildman–Crippen MR) is 92.1 cm³/mol. The number of hydrogen-bond donors (Lipinski definition) is 0. The molecule has 0 aliphatic carbocycles. The number of halogens is 1. The zero-order valence-corrected chi connectivity index (χ0v) is 15.1. The van der Waals surface area contributed by atoms with Gasteiger partial charge >= 0.3 is 0 Å². The highest BCUT2D eigenvalue weighted by Crippen LogP contribution is 2.35. The summed E-state index contributed by atoms with van der Waals surface area (Å²) in [5, 5.41) is 2.82. The Balaban J connectivity index is 2.34. The highest BCUT2D eigenvalue weighted by Gasteiger charge is 2.35. The maximum Gasteiger partial charge on any atom is 0.267 e. The van der Waals surface area contributed by atoms with E-state index in [9.17, 15) is 4.79 Å². The molecule has 2 rings (SSSR count). The molecule has 1 saturated heterocycles. The van der Waals surface area contributed by atoms with Crippen LogP contribution >= 0.6 is 39.0 Å². The largest absolute Gasteiger partial charge is 0.284 e. The molecule has 1 aliphatic heterocycles. The Bertz CT molecular complexity index is 575. The number of amidine groups is 1. The molecular formula is C14H17BrN2OS2. The summed E-state index contributed by atoms with van der Waals surface area (Å²) in [6, 6.07) is 2.32. The third kappa shape index (κ3) is 3.54. The second-order valence-electron chi connectivity index (χ2n) is 5.05. The number of carbonyl (C=O) groups is 1. The summed E-state index contributed by atoms with van der Waals surface area (Å²) < 4.78 is 1.04. The molecule has 0 aromatic carbocycles. The molecule has 1 fully saturated rings. The van der Waals surface area contributed by atoms with Gasteiger partial charge in [-0.15, -0.1) is 11.3 Å². The number of hydrogen-bond acceptors (Lipinski definition) is 4. The molecule has 1 aromatic heterocycles. The van der Waals surface area contributed by atoms with Crippen molar-refractivity contribution in [2.75, 3.05) is 0 Å².